The first-order chi connectivity index (χ1) is 5.82. The molecule has 0 aliphatic carbocycles. The van der Waals surface area contributed by atoms with Crippen LogP contribution in [0.2, 0.25) is 0 Å². The monoisotopic (exact) mass is 127 g/mol. The second kappa shape index (κ2) is 2.55. The zero-order valence-corrected chi connectivity index (χ0v) is 4.97. The summed E-state index contributed by atoms with van der Waals surface area (Å²) in [4.78, 5) is 7.08. The van der Waals surface area contributed by atoms with Gasteiger partial charge in [-0.25, -0.2) is 9.97 Å². The van der Waals surface area contributed by atoms with E-state index in [1.54, 1.807) is 0 Å². The van der Waals surface area contributed by atoms with Crippen LogP contribution in [-0.4, -0.2) is 9.97 Å². The van der Waals surface area contributed by atoms with Crippen molar-refractivity contribution in [2.45, 2.75) is 13.4 Å². The minimum atomic E-state index is -2.20. The lowest BCUT2D eigenvalue weighted by Crippen LogP contribution is -2.01. The molecular formula is C6H9N3. The maximum atomic E-state index is 7.29. The van der Waals surface area contributed by atoms with E-state index in [0.29, 0.717) is 5.56 Å². The van der Waals surface area contributed by atoms with Gasteiger partial charge < -0.3 is 5.73 Å². The Balaban J connectivity index is 3.29. The van der Waals surface area contributed by atoms with E-state index in [-0.39, 0.29) is 18.2 Å². The second-order valence-electron chi connectivity index (χ2n) is 1.54. The smallest absolute Gasteiger partial charge is 0.141 e. The predicted octanol–water partition coefficient (Wildman–Crippen LogP) is 0.244. The van der Waals surface area contributed by atoms with Crippen LogP contribution in [0.4, 0.5) is 0 Å². The summed E-state index contributed by atoms with van der Waals surface area (Å²) in [5.41, 5.74) is 5.40. The second-order valence-corrected chi connectivity index (χ2v) is 1.54. The molecule has 0 radical (unpaired) electrons. The molecule has 0 aliphatic rings. The van der Waals surface area contributed by atoms with Crippen LogP contribution in [0.5, 0.6) is 0 Å². The third kappa shape index (κ3) is 1.47. The van der Waals surface area contributed by atoms with Gasteiger partial charge in [-0.3, -0.25) is 0 Å². The quantitative estimate of drug-likeness (QED) is 0.588. The molecule has 0 spiro atoms. The molecule has 0 unspecified atom stereocenters. The van der Waals surface area contributed by atoms with Gasteiger partial charge in [0.1, 0.15) is 5.82 Å². The van der Waals surface area contributed by atoms with Gasteiger partial charge in [0.15, 0.2) is 0 Å². The van der Waals surface area contributed by atoms with Crippen molar-refractivity contribution >= 4 is 0 Å². The molecule has 3 heteroatoms. The van der Waals surface area contributed by atoms with Crippen molar-refractivity contribution in [1.29, 1.82) is 0 Å². The number of nitrogens with two attached hydrogens (primary N) is 1. The third-order valence-corrected chi connectivity index (χ3v) is 0.788. The van der Waals surface area contributed by atoms with Gasteiger partial charge in [0, 0.05) is 12.3 Å². The lowest BCUT2D eigenvalue weighted by atomic mass is 10.4. The van der Waals surface area contributed by atoms with Gasteiger partial charge >= 0.3 is 0 Å². The maximum Gasteiger partial charge on any atom is 0.141 e. The fourth-order valence-electron chi connectivity index (χ4n) is 0.388. The van der Waals surface area contributed by atoms with E-state index in [2.05, 4.69) is 9.97 Å². The zero-order chi connectivity index (χ0) is 10.2. The van der Waals surface area contributed by atoms with Crippen LogP contribution in [0.3, 0.4) is 0 Å². The molecule has 1 heterocycles. The fourth-order valence-corrected chi connectivity index (χ4v) is 0.388. The molecule has 1 aromatic rings. The van der Waals surface area contributed by atoms with Crippen LogP contribution in [0.1, 0.15) is 16.9 Å². The average molecular weight is 127 g/mol. The van der Waals surface area contributed by atoms with Crippen molar-refractivity contribution in [3.8, 4) is 0 Å². The maximum absolute atomic E-state index is 7.29. The molecule has 9 heavy (non-hydrogen) atoms. The Morgan fingerprint density at radius 3 is 2.78 bits per heavy atom. The van der Waals surface area contributed by atoms with Crippen molar-refractivity contribution in [2.24, 2.45) is 5.73 Å². The Hall–Kier alpha value is -0.960. The molecule has 0 saturated carbocycles. The van der Waals surface area contributed by atoms with E-state index < -0.39 is 6.50 Å². The molecule has 1 rings (SSSR count). The Labute approximate surface area is 59.6 Å². The standard InChI is InChI=1S/C6H9N3/c1-5-3-8-6(2-7)9-4-5/h3-4H,2,7H2,1H3/i2D2,3D,4D. The van der Waals surface area contributed by atoms with Gasteiger partial charge in [0.2, 0.25) is 0 Å². The highest BCUT2D eigenvalue weighted by atomic mass is 14.9. The minimum absolute atomic E-state index is 0.163. The molecule has 0 atom stereocenters. The number of aromatic nitrogens is 2. The van der Waals surface area contributed by atoms with E-state index >= 15 is 0 Å². The van der Waals surface area contributed by atoms with Crippen molar-refractivity contribution in [2.75, 3.05) is 0 Å². The summed E-state index contributed by atoms with van der Waals surface area (Å²) in [6, 6.07) is 0. The summed E-state index contributed by atoms with van der Waals surface area (Å²) in [6.07, 6.45) is -0.325. The first-order valence-corrected chi connectivity index (χ1v) is 2.43. The summed E-state index contributed by atoms with van der Waals surface area (Å²) in [7, 11) is 0. The molecule has 2 N–H and O–H groups in total. The molecule has 3 nitrogen and oxygen atoms in total. The molecule has 0 amide bonds. The van der Waals surface area contributed by atoms with Gasteiger partial charge in [-0.2, -0.15) is 0 Å². The fraction of sp³-hybridized carbons (Fsp3) is 0.333. The number of hydrogen-bond acceptors (Lipinski definition) is 3. The van der Waals surface area contributed by atoms with Crippen LogP contribution in [-0.2, 0) is 6.50 Å². The van der Waals surface area contributed by atoms with E-state index in [0.717, 1.165) is 0 Å². The summed E-state index contributed by atoms with van der Waals surface area (Å²) in [5.74, 6) is -0.326. The predicted molar refractivity (Wildman–Crippen MR) is 34.7 cm³/mol. The SMILES string of the molecule is [2H]c1nc(C([2H])([2H])N)nc([2H])c1C. The molecule has 0 fully saturated rings. The average Bonchev–Trinajstić information content (AvgIpc) is 1.97. The van der Waals surface area contributed by atoms with Crippen LogP contribution in [0.25, 0.3) is 0 Å². The van der Waals surface area contributed by atoms with Gasteiger partial charge in [0.25, 0.3) is 0 Å². The van der Waals surface area contributed by atoms with Crippen molar-refractivity contribution in [1.82, 2.24) is 9.97 Å². The van der Waals surface area contributed by atoms with Crippen LogP contribution in [0, 0.1) is 6.92 Å². The Kier molecular flexibility index (Phi) is 0.778. The highest BCUT2D eigenvalue weighted by Gasteiger charge is 1.88. The number of nitrogens with zero attached hydrogens (tertiary/aromatic N) is 2. The van der Waals surface area contributed by atoms with Crippen LogP contribution >= 0.6 is 0 Å². The van der Waals surface area contributed by atoms with Crippen molar-refractivity contribution < 1.29 is 5.48 Å². The largest absolute Gasteiger partial charge is 0.324 e. The molecule has 0 bridgehead atoms. The molecular weight excluding hydrogens is 114 g/mol. The number of rotatable bonds is 1. The summed E-state index contributed by atoms with van der Waals surface area (Å²) in [5, 5.41) is 0. The summed E-state index contributed by atoms with van der Waals surface area (Å²) in [6.45, 7) is -0.667. The highest BCUT2D eigenvalue weighted by Crippen LogP contribution is 1.90. The van der Waals surface area contributed by atoms with Crippen LogP contribution in [0.15, 0.2) is 12.3 Å². The summed E-state index contributed by atoms with van der Waals surface area (Å²) >= 11 is 0. The van der Waals surface area contributed by atoms with E-state index in [9.17, 15) is 0 Å². The van der Waals surface area contributed by atoms with Crippen molar-refractivity contribution in [3.63, 3.8) is 0 Å². The van der Waals surface area contributed by atoms with Gasteiger partial charge in [-0.1, -0.05) is 0 Å². The third-order valence-electron chi connectivity index (χ3n) is 0.788. The summed E-state index contributed by atoms with van der Waals surface area (Å²) < 4.78 is 28.8. The Bertz CT molecular complexity index is 310. The van der Waals surface area contributed by atoms with Gasteiger partial charge in [-0.15, -0.1) is 0 Å². The molecule has 0 saturated heterocycles. The highest BCUT2D eigenvalue weighted by molar-refractivity contribution is 5.01. The first-order valence-electron chi connectivity index (χ1n) is 4.43. The number of hydrogen-bond donors (Lipinski definition) is 1. The minimum Gasteiger partial charge on any atom is -0.324 e. The van der Waals surface area contributed by atoms with Crippen LogP contribution < -0.4 is 5.73 Å². The van der Waals surface area contributed by atoms with Crippen molar-refractivity contribution in [3.05, 3.63) is 23.7 Å². The Morgan fingerprint density at radius 2 is 2.33 bits per heavy atom. The van der Waals surface area contributed by atoms with E-state index in [1.807, 2.05) is 0 Å². The first kappa shape index (κ1) is 2.75. The van der Waals surface area contributed by atoms with E-state index in [1.165, 1.54) is 6.92 Å². The lowest BCUT2D eigenvalue weighted by Gasteiger charge is -1.92. The molecule has 48 valence electrons. The van der Waals surface area contributed by atoms with E-state index in [4.69, 9.17) is 11.2 Å². The molecule has 0 aromatic carbocycles. The molecule has 1 aromatic heterocycles. The van der Waals surface area contributed by atoms with Gasteiger partial charge in [0.05, 0.1) is 12.0 Å². The topological polar surface area (TPSA) is 51.8 Å². The lowest BCUT2D eigenvalue weighted by molar-refractivity contribution is 0.901. The normalized spacial score (nSPS) is 17.6. The van der Waals surface area contributed by atoms with Gasteiger partial charge in [-0.05, 0) is 12.5 Å². The zero-order valence-electron chi connectivity index (χ0n) is 8.97. The molecule has 0 aliphatic heterocycles. The Morgan fingerprint density at radius 1 is 1.78 bits per heavy atom.